The molecule has 0 amide bonds. The van der Waals surface area contributed by atoms with E-state index in [1.54, 1.807) is 31.4 Å². The summed E-state index contributed by atoms with van der Waals surface area (Å²) in [5.74, 6) is 0.685. The Bertz CT molecular complexity index is 1090. The number of ether oxygens (including phenoxy) is 1. The molecule has 1 aromatic heterocycles. The molecule has 3 rings (SSSR count). The van der Waals surface area contributed by atoms with Gasteiger partial charge in [-0.3, -0.25) is 14.8 Å². The molecule has 140 valence electrons. The predicted octanol–water partition coefficient (Wildman–Crippen LogP) is 3.23. The third-order valence-electron chi connectivity index (χ3n) is 3.67. The van der Waals surface area contributed by atoms with Gasteiger partial charge in [0.05, 0.1) is 16.9 Å². The van der Waals surface area contributed by atoms with Crippen LogP contribution in [0.1, 0.15) is 5.56 Å². The second kappa shape index (κ2) is 7.29. The van der Waals surface area contributed by atoms with Crippen LogP contribution in [0.2, 0.25) is 0 Å². The van der Waals surface area contributed by atoms with Crippen LogP contribution in [0.3, 0.4) is 0 Å². The first-order valence-electron chi connectivity index (χ1n) is 7.56. The van der Waals surface area contributed by atoms with Gasteiger partial charge in [0.1, 0.15) is 10.8 Å². The number of nitro groups is 1. The molecular formula is C16H14N4O5S2. The van der Waals surface area contributed by atoms with Crippen molar-refractivity contribution in [2.45, 2.75) is 11.8 Å². The first-order valence-corrected chi connectivity index (χ1v) is 9.86. The van der Waals surface area contributed by atoms with Gasteiger partial charge in [-0.1, -0.05) is 17.4 Å². The van der Waals surface area contributed by atoms with E-state index in [2.05, 4.69) is 14.9 Å². The second-order valence-electron chi connectivity index (χ2n) is 5.45. The zero-order valence-electron chi connectivity index (χ0n) is 14.2. The summed E-state index contributed by atoms with van der Waals surface area (Å²) < 4.78 is 32.4. The molecule has 0 saturated carbocycles. The van der Waals surface area contributed by atoms with Gasteiger partial charge in [-0.2, -0.15) is 0 Å². The number of nitrogens with one attached hydrogen (secondary N) is 1. The van der Waals surface area contributed by atoms with Crippen LogP contribution in [0.5, 0.6) is 5.75 Å². The Morgan fingerprint density at radius 1 is 1.15 bits per heavy atom. The number of methoxy groups -OCH3 is 1. The molecule has 9 nitrogen and oxygen atoms in total. The van der Waals surface area contributed by atoms with Gasteiger partial charge in [-0.05, 0) is 37.3 Å². The molecule has 0 aliphatic carbocycles. The van der Waals surface area contributed by atoms with Crippen molar-refractivity contribution in [3.8, 4) is 16.3 Å². The Morgan fingerprint density at radius 3 is 2.48 bits per heavy atom. The Hall–Kier alpha value is -3.05. The smallest absolute Gasteiger partial charge is 0.273 e. The molecule has 27 heavy (non-hydrogen) atoms. The number of hydrogen-bond acceptors (Lipinski definition) is 8. The van der Waals surface area contributed by atoms with Crippen LogP contribution in [0.15, 0.2) is 47.4 Å². The van der Waals surface area contributed by atoms with E-state index < -0.39 is 14.9 Å². The van der Waals surface area contributed by atoms with Gasteiger partial charge >= 0.3 is 0 Å². The van der Waals surface area contributed by atoms with E-state index in [9.17, 15) is 18.5 Å². The molecule has 0 fully saturated rings. The lowest BCUT2D eigenvalue weighted by Crippen LogP contribution is -2.13. The van der Waals surface area contributed by atoms with E-state index in [-0.39, 0.29) is 15.7 Å². The summed E-state index contributed by atoms with van der Waals surface area (Å²) in [5.41, 5.74) is 0.857. The predicted molar refractivity (Wildman–Crippen MR) is 101 cm³/mol. The van der Waals surface area contributed by atoms with Crippen molar-refractivity contribution in [2.24, 2.45) is 0 Å². The normalized spacial score (nSPS) is 11.2. The third kappa shape index (κ3) is 4.04. The maximum Gasteiger partial charge on any atom is 0.273 e. The highest BCUT2D eigenvalue weighted by Gasteiger charge is 2.21. The number of benzene rings is 2. The zero-order chi connectivity index (χ0) is 19.6. The largest absolute Gasteiger partial charge is 0.497 e. The number of aryl methyl sites for hydroxylation is 1. The van der Waals surface area contributed by atoms with E-state index in [0.29, 0.717) is 16.3 Å². The minimum Gasteiger partial charge on any atom is -0.497 e. The number of aromatic nitrogens is 2. The molecule has 0 aliphatic rings. The minimum absolute atomic E-state index is 0.0593. The summed E-state index contributed by atoms with van der Waals surface area (Å²) in [7, 11) is -2.47. The van der Waals surface area contributed by atoms with E-state index in [1.165, 1.54) is 19.1 Å². The molecule has 0 radical (unpaired) electrons. The van der Waals surface area contributed by atoms with Crippen molar-refractivity contribution in [1.29, 1.82) is 0 Å². The number of anilines is 1. The van der Waals surface area contributed by atoms with Gasteiger partial charge in [0.2, 0.25) is 5.13 Å². The van der Waals surface area contributed by atoms with Crippen LogP contribution >= 0.6 is 11.3 Å². The summed E-state index contributed by atoms with van der Waals surface area (Å²) in [6.07, 6.45) is 0. The highest BCUT2D eigenvalue weighted by atomic mass is 32.2. The maximum atomic E-state index is 12.5. The zero-order valence-corrected chi connectivity index (χ0v) is 15.9. The Balaban J connectivity index is 1.85. The summed E-state index contributed by atoms with van der Waals surface area (Å²) >= 11 is 1.05. The SMILES string of the molecule is COc1ccc(-c2nnc(NS(=O)(=O)c3ccc(C)c([N+](=O)[O-])c3)s2)cc1. The Labute approximate surface area is 158 Å². The quantitative estimate of drug-likeness (QED) is 0.492. The highest BCUT2D eigenvalue weighted by Crippen LogP contribution is 2.30. The fourth-order valence-corrected chi connectivity index (χ4v) is 4.24. The summed E-state index contributed by atoms with van der Waals surface area (Å²) in [6.45, 7) is 1.54. The average Bonchev–Trinajstić information content (AvgIpc) is 3.09. The van der Waals surface area contributed by atoms with Crippen LogP contribution in [-0.2, 0) is 10.0 Å². The van der Waals surface area contributed by atoms with Gasteiger partial charge < -0.3 is 4.74 Å². The monoisotopic (exact) mass is 406 g/mol. The molecule has 3 aromatic rings. The molecule has 2 aromatic carbocycles. The van der Waals surface area contributed by atoms with Gasteiger partial charge in [0.25, 0.3) is 15.7 Å². The number of nitrogens with zero attached hydrogens (tertiary/aromatic N) is 3. The van der Waals surface area contributed by atoms with Crippen LogP contribution in [0.4, 0.5) is 10.8 Å². The van der Waals surface area contributed by atoms with Crippen LogP contribution in [-0.4, -0.2) is 30.6 Å². The molecule has 0 atom stereocenters. The molecule has 0 unspecified atom stereocenters. The van der Waals surface area contributed by atoms with Crippen LogP contribution in [0, 0.1) is 17.0 Å². The number of sulfonamides is 1. The van der Waals surface area contributed by atoms with E-state index in [4.69, 9.17) is 4.74 Å². The number of rotatable bonds is 6. The third-order valence-corrected chi connectivity index (χ3v) is 6.02. The highest BCUT2D eigenvalue weighted by molar-refractivity contribution is 7.93. The molecule has 0 bridgehead atoms. The van der Waals surface area contributed by atoms with Crippen molar-refractivity contribution in [3.05, 3.63) is 58.1 Å². The summed E-state index contributed by atoms with van der Waals surface area (Å²) in [5, 5.41) is 19.4. The topological polar surface area (TPSA) is 124 Å². The first kappa shape index (κ1) is 18.7. The summed E-state index contributed by atoms with van der Waals surface area (Å²) in [4.78, 5) is 10.2. The molecule has 0 spiro atoms. The first-order chi connectivity index (χ1) is 12.8. The van der Waals surface area contributed by atoms with Crippen molar-refractivity contribution in [3.63, 3.8) is 0 Å². The number of nitro benzene ring substituents is 1. The average molecular weight is 406 g/mol. The standard InChI is InChI=1S/C16H14N4O5S2/c1-10-3-8-13(9-14(10)20(21)22)27(23,24)19-16-18-17-15(26-16)11-4-6-12(25-2)7-5-11/h3-9H,1-2H3,(H,18,19). The molecule has 11 heteroatoms. The van der Waals surface area contributed by atoms with Gasteiger partial charge in [0, 0.05) is 17.2 Å². The molecule has 0 aliphatic heterocycles. The molecule has 1 N–H and O–H groups in total. The van der Waals surface area contributed by atoms with Gasteiger partial charge in [0.15, 0.2) is 0 Å². The van der Waals surface area contributed by atoms with Crippen molar-refractivity contribution >= 4 is 32.2 Å². The molecule has 0 saturated heterocycles. The van der Waals surface area contributed by atoms with E-state index >= 15 is 0 Å². The maximum absolute atomic E-state index is 12.5. The van der Waals surface area contributed by atoms with Crippen molar-refractivity contribution in [1.82, 2.24) is 10.2 Å². The second-order valence-corrected chi connectivity index (χ2v) is 8.11. The lowest BCUT2D eigenvalue weighted by atomic mass is 10.2. The fourth-order valence-electron chi connectivity index (χ4n) is 2.24. The summed E-state index contributed by atoms with van der Waals surface area (Å²) in [6, 6.07) is 10.8. The van der Waals surface area contributed by atoms with Gasteiger partial charge in [-0.15, -0.1) is 10.2 Å². The lowest BCUT2D eigenvalue weighted by molar-refractivity contribution is -0.385. The minimum atomic E-state index is -4.03. The van der Waals surface area contributed by atoms with E-state index in [1.807, 2.05) is 0 Å². The Kier molecular flexibility index (Phi) is 5.06. The van der Waals surface area contributed by atoms with Gasteiger partial charge in [-0.25, -0.2) is 8.42 Å². The van der Waals surface area contributed by atoms with Crippen LogP contribution in [0.25, 0.3) is 10.6 Å². The van der Waals surface area contributed by atoms with Crippen molar-refractivity contribution in [2.75, 3.05) is 11.8 Å². The van der Waals surface area contributed by atoms with E-state index in [0.717, 1.165) is 23.0 Å². The van der Waals surface area contributed by atoms with Crippen LogP contribution < -0.4 is 9.46 Å². The number of hydrogen-bond donors (Lipinski definition) is 1. The molecule has 1 heterocycles. The fraction of sp³-hybridized carbons (Fsp3) is 0.125. The Morgan fingerprint density at radius 2 is 1.85 bits per heavy atom. The molecular weight excluding hydrogens is 392 g/mol. The lowest BCUT2D eigenvalue weighted by Gasteiger charge is -2.05. The van der Waals surface area contributed by atoms with Crippen molar-refractivity contribution < 1.29 is 18.1 Å².